The zero-order chi connectivity index (χ0) is 24.2. The number of carbonyl (C=O) groups excluding carboxylic acids is 1. The van der Waals surface area contributed by atoms with Crippen LogP contribution in [0.25, 0.3) is 10.9 Å². The molecule has 4 aromatic rings. The lowest BCUT2D eigenvalue weighted by molar-refractivity contribution is 0.0751. The number of hydrogen-bond acceptors (Lipinski definition) is 7. The molecule has 1 amide bonds. The predicted octanol–water partition coefficient (Wildman–Crippen LogP) is 4.72. The maximum absolute atomic E-state index is 12.8. The number of amides is 1. The summed E-state index contributed by atoms with van der Waals surface area (Å²) in [5, 5.41) is 13.0. The first-order valence-corrected chi connectivity index (χ1v) is 12.2. The Labute approximate surface area is 207 Å². The smallest absolute Gasteiger partial charge is 0.264 e. The van der Waals surface area contributed by atoms with Gasteiger partial charge in [-0.1, -0.05) is 36.4 Å². The van der Waals surface area contributed by atoms with Gasteiger partial charge in [0.15, 0.2) is 0 Å². The van der Waals surface area contributed by atoms with Gasteiger partial charge in [0.25, 0.3) is 5.91 Å². The van der Waals surface area contributed by atoms with E-state index in [2.05, 4.69) is 16.0 Å². The molecule has 0 bridgehead atoms. The second-order valence-corrected chi connectivity index (χ2v) is 9.11. The first kappa shape index (κ1) is 22.7. The van der Waals surface area contributed by atoms with E-state index in [1.54, 1.807) is 7.11 Å². The lowest BCUT2D eigenvalue weighted by Crippen LogP contribution is -2.49. The van der Waals surface area contributed by atoms with Crippen LogP contribution in [-0.2, 0) is 6.61 Å². The third-order valence-electron chi connectivity index (χ3n) is 6.09. The number of para-hydroxylation sites is 1. The van der Waals surface area contributed by atoms with Crippen LogP contribution in [0.3, 0.4) is 0 Å². The molecule has 176 valence electrons. The van der Waals surface area contributed by atoms with E-state index in [1.807, 2.05) is 70.9 Å². The molecule has 2 aromatic heterocycles. The van der Waals surface area contributed by atoms with Crippen molar-refractivity contribution in [2.24, 2.45) is 0 Å². The van der Waals surface area contributed by atoms with Gasteiger partial charge in [0.05, 0.1) is 23.2 Å². The van der Waals surface area contributed by atoms with Gasteiger partial charge >= 0.3 is 0 Å². The summed E-state index contributed by atoms with van der Waals surface area (Å²) in [5.41, 5.74) is 2.94. The van der Waals surface area contributed by atoms with Gasteiger partial charge in [-0.3, -0.25) is 4.79 Å². The molecule has 0 saturated carbocycles. The number of benzene rings is 2. The third-order valence-corrected chi connectivity index (χ3v) is 6.95. The summed E-state index contributed by atoms with van der Waals surface area (Å²) in [6.45, 7) is 2.70. The molecule has 0 radical (unpaired) electrons. The maximum Gasteiger partial charge on any atom is 0.264 e. The highest BCUT2D eigenvalue weighted by Crippen LogP contribution is 2.36. The Balaban J connectivity index is 1.42. The summed E-state index contributed by atoms with van der Waals surface area (Å²) in [7, 11) is 1.63. The summed E-state index contributed by atoms with van der Waals surface area (Å²) in [6, 6.07) is 21.5. The van der Waals surface area contributed by atoms with Crippen LogP contribution in [0.2, 0.25) is 0 Å². The molecule has 1 aliphatic heterocycles. The first-order chi connectivity index (χ1) is 17.2. The maximum atomic E-state index is 12.8. The molecule has 7 nitrogen and oxygen atoms in total. The molecule has 35 heavy (non-hydrogen) atoms. The van der Waals surface area contributed by atoms with Crippen LogP contribution >= 0.6 is 11.3 Å². The number of rotatable bonds is 6. The molecule has 1 fully saturated rings. The number of nitrogens with zero attached hydrogens (tertiary/aromatic N) is 4. The number of aromatic nitrogens is 1. The molecule has 0 atom stereocenters. The molecular formula is C27H24N4O3S. The van der Waals surface area contributed by atoms with Crippen LogP contribution in [-0.4, -0.2) is 49.1 Å². The average Bonchev–Trinajstić information content (AvgIpc) is 3.46. The van der Waals surface area contributed by atoms with Gasteiger partial charge in [-0.05, 0) is 35.2 Å². The second kappa shape index (κ2) is 10.0. The van der Waals surface area contributed by atoms with Gasteiger partial charge < -0.3 is 19.3 Å². The minimum absolute atomic E-state index is 0.0586. The number of hydrogen-bond donors (Lipinski definition) is 0. The number of thiophene rings is 1. The summed E-state index contributed by atoms with van der Waals surface area (Å²) in [6.07, 6.45) is 0. The van der Waals surface area contributed by atoms with E-state index >= 15 is 0 Å². The SMILES string of the molecule is COc1ccc(COc2nc3ccccc3c(N3CCN(C(=O)c4cccs4)CC3)c2C#N)cc1. The molecule has 2 aromatic carbocycles. The summed E-state index contributed by atoms with van der Waals surface area (Å²) in [5.74, 6) is 1.15. The van der Waals surface area contributed by atoms with Crippen molar-refractivity contribution in [2.75, 3.05) is 38.2 Å². The molecule has 0 unspecified atom stereocenters. The fourth-order valence-corrected chi connectivity index (χ4v) is 4.96. The molecular weight excluding hydrogens is 460 g/mol. The molecule has 1 saturated heterocycles. The van der Waals surface area contributed by atoms with Crippen molar-refractivity contribution in [3.8, 4) is 17.7 Å². The van der Waals surface area contributed by atoms with Gasteiger partial charge in [-0.15, -0.1) is 11.3 Å². The topological polar surface area (TPSA) is 78.7 Å². The van der Waals surface area contributed by atoms with Crippen molar-refractivity contribution < 1.29 is 14.3 Å². The highest BCUT2D eigenvalue weighted by molar-refractivity contribution is 7.12. The lowest BCUT2D eigenvalue weighted by atomic mass is 10.1. The van der Waals surface area contributed by atoms with Gasteiger partial charge in [0.1, 0.15) is 24.0 Å². The molecule has 0 spiro atoms. The summed E-state index contributed by atoms with van der Waals surface area (Å²) < 4.78 is 11.3. The van der Waals surface area contributed by atoms with Crippen LogP contribution in [0.4, 0.5) is 5.69 Å². The van der Waals surface area contributed by atoms with Crippen LogP contribution in [0.5, 0.6) is 11.6 Å². The zero-order valence-electron chi connectivity index (χ0n) is 19.3. The first-order valence-electron chi connectivity index (χ1n) is 11.3. The monoisotopic (exact) mass is 484 g/mol. The van der Waals surface area contributed by atoms with E-state index in [1.165, 1.54) is 11.3 Å². The Hall–Kier alpha value is -4.09. The van der Waals surface area contributed by atoms with Crippen molar-refractivity contribution in [3.05, 3.63) is 82.0 Å². The minimum atomic E-state index is 0.0586. The van der Waals surface area contributed by atoms with E-state index in [0.717, 1.165) is 32.8 Å². The Kier molecular flexibility index (Phi) is 6.51. The molecule has 1 aliphatic rings. The number of piperazine rings is 1. The summed E-state index contributed by atoms with van der Waals surface area (Å²) in [4.78, 5) is 22.2. The highest BCUT2D eigenvalue weighted by Gasteiger charge is 2.27. The predicted molar refractivity (Wildman–Crippen MR) is 136 cm³/mol. The van der Waals surface area contributed by atoms with Crippen molar-refractivity contribution >= 4 is 33.8 Å². The van der Waals surface area contributed by atoms with E-state index in [-0.39, 0.29) is 12.5 Å². The number of nitriles is 1. The number of fused-ring (bicyclic) bond motifs is 1. The van der Waals surface area contributed by atoms with Crippen LogP contribution in [0, 0.1) is 11.3 Å². The molecule has 0 N–H and O–H groups in total. The van der Waals surface area contributed by atoms with Crippen LogP contribution < -0.4 is 14.4 Å². The normalized spacial score (nSPS) is 13.5. The second-order valence-electron chi connectivity index (χ2n) is 8.16. The van der Waals surface area contributed by atoms with Crippen LogP contribution in [0.1, 0.15) is 20.8 Å². The van der Waals surface area contributed by atoms with Crippen molar-refractivity contribution in [2.45, 2.75) is 6.61 Å². The number of methoxy groups -OCH3 is 1. The Morgan fingerprint density at radius 2 is 1.83 bits per heavy atom. The minimum Gasteiger partial charge on any atom is -0.497 e. The zero-order valence-corrected chi connectivity index (χ0v) is 20.1. The molecule has 8 heteroatoms. The fraction of sp³-hybridized carbons (Fsp3) is 0.222. The van der Waals surface area contributed by atoms with Crippen LogP contribution in [0.15, 0.2) is 66.0 Å². The summed E-state index contributed by atoms with van der Waals surface area (Å²) >= 11 is 1.46. The Bertz CT molecular complexity index is 1370. The van der Waals surface area contributed by atoms with E-state index < -0.39 is 0 Å². The standard InChI is InChI=1S/C27H24N4O3S/c1-33-20-10-8-19(9-11-20)18-34-26-22(17-28)25(21-5-2-3-6-23(21)29-26)30-12-14-31(15-13-30)27(32)24-7-4-16-35-24/h2-11,16H,12-15,18H2,1H3. The molecule has 5 rings (SSSR count). The van der Waals surface area contributed by atoms with E-state index in [0.29, 0.717) is 37.6 Å². The van der Waals surface area contributed by atoms with Gasteiger partial charge in [-0.2, -0.15) is 5.26 Å². The Morgan fingerprint density at radius 1 is 1.06 bits per heavy atom. The largest absolute Gasteiger partial charge is 0.497 e. The fourth-order valence-electron chi connectivity index (χ4n) is 4.27. The van der Waals surface area contributed by atoms with Crippen molar-refractivity contribution in [1.29, 1.82) is 5.26 Å². The average molecular weight is 485 g/mol. The molecule has 0 aliphatic carbocycles. The number of ether oxygens (including phenoxy) is 2. The quantitative estimate of drug-likeness (QED) is 0.394. The van der Waals surface area contributed by atoms with Gasteiger partial charge in [-0.25, -0.2) is 4.98 Å². The molecule has 3 heterocycles. The number of anilines is 1. The van der Waals surface area contributed by atoms with Gasteiger partial charge in [0.2, 0.25) is 5.88 Å². The van der Waals surface area contributed by atoms with E-state index in [9.17, 15) is 10.1 Å². The van der Waals surface area contributed by atoms with Gasteiger partial charge in [0, 0.05) is 31.6 Å². The highest BCUT2D eigenvalue weighted by atomic mass is 32.1. The van der Waals surface area contributed by atoms with E-state index in [4.69, 9.17) is 9.47 Å². The number of carbonyl (C=O) groups is 1. The lowest BCUT2D eigenvalue weighted by Gasteiger charge is -2.37. The Morgan fingerprint density at radius 3 is 2.51 bits per heavy atom. The third kappa shape index (κ3) is 4.63. The van der Waals surface area contributed by atoms with Crippen molar-refractivity contribution in [3.63, 3.8) is 0 Å². The van der Waals surface area contributed by atoms with Crippen molar-refractivity contribution in [1.82, 2.24) is 9.88 Å². The number of pyridine rings is 1.